The molecule has 0 heterocycles. The van der Waals surface area contributed by atoms with Crippen molar-refractivity contribution in [2.45, 2.75) is 13.8 Å². The van der Waals surface area contributed by atoms with Crippen molar-refractivity contribution in [3.63, 3.8) is 0 Å². The highest BCUT2D eigenvalue weighted by Crippen LogP contribution is 2.19. The molecule has 1 rings (SSSR count). The van der Waals surface area contributed by atoms with Crippen molar-refractivity contribution in [2.75, 3.05) is 31.2 Å². The Bertz CT molecular complexity index is 377. The Balaban J connectivity index is 2.61. The van der Waals surface area contributed by atoms with E-state index in [1.807, 2.05) is 32.0 Å². The molecular weight excluding hydrogens is 202 g/mol. The van der Waals surface area contributed by atoms with Gasteiger partial charge >= 0.3 is 0 Å². The number of rotatable bonds is 4. The molecule has 3 N–H and O–H groups in total. The standard InChI is InChI=1S/C12H19N3O/c1-4-15(3)12(16)8-14-11-7-9(2)5-6-10(11)13/h5-7,14H,4,8,13H2,1-3H3. The number of aryl methyl sites for hydroxylation is 1. The summed E-state index contributed by atoms with van der Waals surface area (Å²) >= 11 is 0. The maximum Gasteiger partial charge on any atom is 0.241 e. The number of anilines is 2. The Kier molecular flexibility index (Phi) is 4.17. The molecule has 0 saturated carbocycles. The molecule has 0 aliphatic carbocycles. The average molecular weight is 221 g/mol. The molecule has 0 bridgehead atoms. The van der Waals surface area contributed by atoms with E-state index in [9.17, 15) is 4.79 Å². The second kappa shape index (κ2) is 5.39. The number of hydrogen-bond acceptors (Lipinski definition) is 3. The number of hydrogen-bond donors (Lipinski definition) is 2. The fourth-order valence-corrected chi connectivity index (χ4v) is 1.31. The maximum absolute atomic E-state index is 11.6. The summed E-state index contributed by atoms with van der Waals surface area (Å²) in [4.78, 5) is 13.2. The first-order valence-corrected chi connectivity index (χ1v) is 5.38. The van der Waals surface area contributed by atoms with Crippen LogP contribution >= 0.6 is 0 Å². The number of nitrogens with two attached hydrogens (primary N) is 1. The van der Waals surface area contributed by atoms with Crippen molar-refractivity contribution in [3.05, 3.63) is 23.8 Å². The first kappa shape index (κ1) is 12.4. The fourth-order valence-electron chi connectivity index (χ4n) is 1.31. The van der Waals surface area contributed by atoms with Crippen LogP contribution in [0.25, 0.3) is 0 Å². The van der Waals surface area contributed by atoms with Gasteiger partial charge in [-0.2, -0.15) is 0 Å². The Hall–Kier alpha value is -1.71. The Labute approximate surface area is 96.4 Å². The highest BCUT2D eigenvalue weighted by molar-refractivity contribution is 5.82. The number of benzene rings is 1. The van der Waals surface area contributed by atoms with Crippen LogP contribution < -0.4 is 11.1 Å². The van der Waals surface area contributed by atoms with Gasteiger partial charge in [0.1, 0.15) is 0 Å². The zero-order chi connectivity index (χ0) is 12.1. The monoisotopic (exact) mass is 221 g/mol. The molecule has 0 atom stereocenters. The molecule has 16 heavy (non-hydrogen) atoms. The van der Waals surface area contributed by atoms with Gasteiger partial charge in [0.05, 0.1) is 17.9 Å². The number of carbonyl (C=O) groups excluding carboxylic acids is 1. The Morgan fingerprint density at radius 3 is 2.81 bits per heavy atom. The molecule has 1 aromatic carbocycles. The second-order valence-electron chi connectivity index (χ2n) is 3.85. The summed E-state index contributed by atoms with van der Waals surface area (Å²) in [6.45, 7) is 4.92. The van der Waals surface area contributed by atoms with Crippen LogP contribution in [0.4, 0.5) is 11.4 Å². The number of likely N-dealkylation sites (N-methyl/N-ethyl adjacent to an activating group) is 1. The molecule has 0 aliphatic heterocycles. The minimum absolute atomic E-state index is 0.0587. The Morgan fingerprint density at radius 2 is 2.19 bits per heavy atom. The van der Waals surface area contributed by atoms with Crippen molar-refractivity contribution >= 4 is 17.3 Å². The van der Waals surface area contributed by atoms with E-state index >= 15 is 0 Å². The van der Waals surface area contributed by atoms with Gasteiger partial charge in [-0.05, 0) is 31.5 Å². The molecule has 0 spiro atoms. The molecule has 4 heteroatoms. The van der Waals surface area contributed by atoms with Crippen molar-refractivity contribution in [3.8, 4) is 0 Å². The van der Waals surface area contributed by atoms with Gasteiger partial charge in [-0.1, -0.05) is 6.07 Å². The molecule has 0 aliphatic rings. The van der Waals surface area contributed by atoms with E-state index in [2.05, 4.69) is 5.32 Å². The number of nitrogen functional groups attached to an aromatic ring is 1. The van der Waals surface area contributed by atoms with Crippen LogP contribution in [0, 0.1) is 6.92 Å². The zero-order valence-electron chi connectivity index (χ0n) is 10.1. The predicted octanol–water partition coefficient (Wildman–Crippen LogP) is 1.47. The third-order valence-corrected chi connectivity index (χ3v) is 2.54. The first-order chi connectivity index (χ1) is 7.54. The lowest BCUT2D eigenvalue weighted by Crippen LogP contribution is -2.32. The summed E-state index contributed by atoms with van der Waals surface area (Å²) in [5.41, 5.74) is 8.40. The molecule has 0 radical (unpaired) electrons. The van der Waals surface area contributed by atoms with Crippen LogP contribution in [-0.4, -0.2) is 30.9 Å². The van der Waals surface area contributed by atoms with Crippen molar-refractivity contribution in [2.24, 2.45) is 0 Å². The largest absolute Gasteiger partial charge is 0.397 e. The highest BCUT2D eigenvalue weighted by Gasteiger charge is 2.06. The van der Waals surface area contributed by atoms with E-state index in [0.29, 0.717) is 12.2 Å². The summed E-state index contributed by atoms with van der Waals surface area (Å²) in [5.74, 6) is 0.0587. The van der Waals surface area contributed by atoms with Crippen LogP contribution in [-0.2, 0) is 4.79 Å². The van der Waals surface area contributed by atoms with Crippen LogP contribution in [0.2, 0.25) is 0 Å². The fraction of sp³-hybridized carbons (Fsp3) is 0.417. The van der Waals surface area contributed by atoms with E-state index in [4.69, 9.17) is 5.73 Å². The third kappa shape index (κ3) is 3.15. The van der Waals surface area contributed by atoms with Crippen molar-refractivity contribution < 1.29 is 4.79 Å². The predicted molar refractivity (Wildman–Crippen MR) is 67.4 cm³/mol. The van der Waals surface area contributed by atoms with Gasteiger partial charge in [0.25, 0.3) is 0 Å². The van der Waals surface area contributed by atoms with Gasteiger partial charge in [-0.3, -0.25) is 4.79 Å². The molecule has 0 aromatic heterocycles. The van der Waals surface area contributed by atoms with Gasteiger partial charge in [-0.15, -0.1) is 0 Å². The van der Waals surface area contributed by atoms with Crippen LogP contribution in [0.5, 0.6) is 0 Å². The number of nitrogens with one attached hydrogen (secondary N) is 1. The molecule has 1 amide bonds. The topological polar surface area (TPSA) is 58.4 Å². The molecule has 0 fully saturated rings. The van der Waals surface area contributed by atoms with Crippen molar-refractivity contribution in [1.29, 1.82) is 0 Å². The summed E-state index contributed by atoms with van der Waals surface area (Å²) in [5, 5.41) is 3.05. The van der Waals surface area contributed by atoms with E-state index in [1.165, 1.54) is 0 Å². The highest BCUT2D eigenvalue weighted by atomic mass is 16.2. The lowest BCUT2D eigenvalue weighted by Gasteiger charge is -2.16. The molecular formula is C12H19N3O. The van der Waals surface area contributed by atoms with Crippen molar-refractivity contribution in [1.82, 2.24) is 4.90 Å². The van der Waals surface area contributed by atoms with Crippen LogP contribution in [0.1, 0.15) is 12.5 Å². The number of nitrogens with zero attached hydrogens (tertiary/aromatic N) is 1. The molecule has 4 nitrogen and oxygen atoms in total. The van der Waals surface area contributed by atoms with E-state index < -0.39 is 0 Å². The zero-order valence-corrected chi connectivity index (χ0v) is 10.1. The van der Waals surface area contributed by atoms with Crippen LogP contribution in [0.15, 0.2) is 18.2 Å². The third-order valence-electron chi connectivity index (χ3n) is 2.54. The SMILES string of the molecule is CCN(C)C(=O)CNc1cc(C)ccc1N. The Morgan fingerprint density at radius 1 is 1.50 bits per heavy atom. The van der Waals surface area contributed by atoms with E-state index in [-0.39, 0.29) is 12.5 Å². The van der Waals surface area contributed by atoms with Gasteiger partial charge < -0.3 is 16.0 Å². The summed E-state index contributed by atoms with van der Waals surface area (Å²) < 4.78 is 0. The number of amides is 1. The molecule has 88 valence electrons. The first-order valence-electron chi connectivity index (χ1n) is 5.38. The van der Waals surface area contributed by atoms with Gasteiger partial charge in [0, 0.05) is 13.6 Å². The van der Waals surface area contributed by atoms with Gasteiger partial charge in [0.15, 0.2) is 0 Å². The average Bonchev–Trinajstić information content (AvgIpc) is 2.28. The minimum Gasteiger partial charge on any atom is -0.397 e. The second-order valence-corrected chi connectivity index (χ2v) is 3.85. The molecule has 0 saturated heterocycles. The molecule has 1 aromatic rings. The van der Waals surface area contributed by atoms with Crippen LogP contribution in [0.3, 0.4) is 0 Å². The maximum atomic E-state index is 11.6. The lowest BCUT2D eigenvalue weighted by atomic mass is 10.2. The summed E-state index contributed by atoms with van der Waals surface area (Å²) in [7, 11) is 1.78. The van der Waals surface area contributed by atoms with E-state index in [0.717, 1.165) is 11.3 Å². The minimum atomic E-state index is 0.0587. The van der Waals surface area contributed by atoms with Gasteiger partial charge in [-0.25, -0.2) is 0 Å². The van der Waals surface area contributed by atoms with Gasteiger partial charge in [0.2, 0.25) is 5.91 Å². The quantitative estimate of drug-likeness (QED) is 0.757. The summed E-state index contributed by atoms with van der Waals surface area (Å²) in [6, 6.07) is 5.72. The summed E-state index contributed by atoms with van der Waals surface area (Å²) in [6.07, 6.45) is 0. The smallest absolute Gasteiger partial charge is 0.241 e. The lowest BCUT2D eigenvalue weighted by molar-refractivity contribution is -0.127. The molecule has 0 unspecified atom stereocenters. The number of carbonyl (C=O) groups is 1. The van der Waals surface area contributed by atoms with E-state index in [1.54, 1.807) is 11.9 Å². The normalized spacial score (nSPS) is 9.94.